The number of ether oxygens (including phenoxy) is 3. The minimum atomic E-state index is -0.891. The fourth-order valence-electron chi connectivity index (χ4n) is 6.70. The van der Waals surface area contributed by atoms with Crippen molar-refractivity contribution in [2.75, 3.05) is 19.8 Å². The number of unbranched alkanes of at least 4 members (excludes halogenated alkanes) is 2. The van der Waals surface area contributed by atoms with Gasteiger partial charge in [0.2, 0.25) is 11.8 Å². The van der Waals surface area contributed by atoms with Gasteiger partial charge in [0.05, 0.1) is 36.8 Å². The number of alkyl carbamates (subject to hydrolysis) is 1. The summed E-state index contributed by atoms with van der Waals surface area (Å²) in [6, 6.07) is 4.10. The van der Waals surface area contributed by atoms with Crippen molar-refractivity contribution < 1.29 is 28.6 Å². The molecular weight excluding hydrogens is 584 g/mol. The van der Waals surface area contributed by atoms with Crippen molar-refractivity contribution in [2.24, 2.45) is 17.3 Å². The average Bonchev–Trinajstić information content (AvgIpc) is 3.32. The zero-order valence-corrected chi connectivity index (χ0v) is 28.9. The highest BCUT2D eigenvalue weighted by atomic mass is 16.5. The number of ketones is 1. The summed E-state index contributed by atoms with van der Waals surface area (Å²) in [5, 5.41) is 2.87. The third kappa shape index (κ3) is 8.88. The summed E-state index contributed by atoms with van der Waals surface area (Å²) in [5.74, 6) is 0.631. The predicted octanol–water partition coefficient (Wildman–Crippen LogP) is 6.67. The van der Waals surface area contributed by atoms with Crippen molar-refractivity contribution in [1.82, 2.24) is 20.2 Å². The van der Waals surface area contributed by atoms with Crippen LogP contribution in [0.4, 0.5) is 4.79 Å². The minimum absolute atomic E-state index is 0.130. The van der Waals surface area contributed by atoms with Crippen LogP contribution in [-0.4, -0.2) is 70.6 Å². The third-order valence-electron chi connectivity index (χ3n) is 9.31. The Morgan fingerprint density at radius 1 is 1.09 bits per heavy atom. The van der Waals surface area contributed by atoms with Gasteiger partial charge >= 0.3 is 6.09 Å². The minimum Gasteiger partial charge on any atom is -0.494 e. The number of amides is 2. The number of carbonyl (C=O) groups excluding carboxylic acids is 3. The van der Waals surface area contributed by atoms with Gasteiger partial charge in [0.15, 0.2) is 5.78 Å². The zero-order chi connectivity index (χ0) is 33.4. The number of rotatable bonds is 7. The van der Waals surface area contributed by atoms with Crippen molar-refractivity contribution in [2.45, 2.75) is 124 Å². The van der Waals surface area contributed by atoms with Gasteiger partial charge in [-0.2, -0.15) is 0 Å². The number of cyclic esters (lactones) is 1. The van der Waals surface area contributed by atoms with E-state index in [4.69, 9.17) is 24.2 Å². The Hall–Kier alpha value is -3.43. The third-order valence-corrected chi connectivity index (χ3v) is 9.31. The van der Waals surface area contributed by atoms with Crippen LogP contribution in [0, 0.1) is 17.3 Å². The molecule has 0 aliphatic carbocycles. The molecule has 2 aliphatic heterocycles. The van der Waals surface area contributed by atoms with Gasteiger partial charge in [0.1, 0.15) is 23.6 Å². The Kier molecular flexibility index (Phi) is 12.3. The molecular formula is C36H54N4O6. The van der Waals surface area contributed by atoms with Gasteiger partial charge in [-0.25, -0.2) is 14.8 Å². The van der Waals surface area contributed by atoms with Crippen LogP contribution >= 0.6 is 0 Å². The Morgan fingerprint density at radius 3 is 2.57 bits per heavy atom. The first-order valence-electron chi connectivity index (χ1n) is 17.3. The highest BCUT2D eigenvalue weighted by Gasteiger charge is 2.49. The van der Waals surface area contributed by atoms with Crippen LogP contribution in [0.15, 0.2) is 18.2 Å². The fourth-order valence-corrected chi connectivity index (χ4v) is 6.70. The average molecular weight is 639 g/mol. The van der Waals surface area contributed by atoms with Crippen molar-refractivity contribution >= 4 is 28.8 Å². The lowest BCUT2D eigenvalue weighted by Gasteiger charge is -2.35. The van der Waals surface area contributed by atoms with E-state index in [1.54, 1.807) is 4.90 Å². The first kappa shape index (κ1) is 35.4. The molecule has 1 saturated heterocycles. The Labute approximate surface area is 274 Å². The highest BCUT2D eigenvalue weighted by Crippen LogP contribution is 2.34. The summed E-state index contributed by atoms with van der Waals surface area (Å²) in [6.07, 6.45) is 7.83. The number of fused-ring (bicyclic) bond motifs is 4. The number of hydrogen-bond donors (Lipinski definition) is 1. The number of Topliss-reactive ketones (excluding diaryl/α,β-unsaturated/α-hetero) is 1. The largest absolute Gasteiger partial charge is 0.494 e. The molecule has 1 N–H and O–H groups in total. The molecule has 46 heavy (non-hydrogen) atoms. The van der Waals surface area contributed by atoms with E-state index in [9.17, 15) is 14.4 Å². The van der Waals surface area contributed by atoms with E-state index >= 15 is 0 Å². The van der Waals surface area contributed by atoms with Gasteiger partial charge in [-0.1, -0.05) is 66.7 Å². The normalized spacial score (nSPS) is 25.1. The lowest BCUT2D eigenvalue weighted by atomic mass is 9.85. The summed E-state index contributed by atoms with van der Waals surface area (Å²) < 4.78 is 18.1. The number of carbonyl (C=O) groups is 3. The maximum atomic E-state index is 14.2. The number of benzene rings is 1. The van der Waals surface area contributed by atoms with E-state index in [-0.39, 0.29) is 30.1 Å². The molecule has 10 heteroatoms. The Bertz CT molecular complexity index is 1360. The van der Waals surface area contributed by atoms with Crippen LogP contribution in [-0.2, 0) is 20.7 Å². The van der Waals surface area contributed by atoms with Crippen LogP contribution in [0.5, 0.6) is 11.6 Å². The highest BCUT2D eigenvalue weighted by molar-refractivity contribution is 5.92. The topological polar surface area (TPSA) is 120 Å². The van der Waals surface area contributed by atoms with E-state index in [0.717, 1.165) is 62.6 Å². The second kappa shape index (κ2) is 15.9. The van der Waals surface area contributed by atoms with Gasteiger partial charge in [-0.15, -0.1) is 0 Å². The van der Waals surface area contributed by atoms with Crippen LogP contribution in [0.1, 0.15) is 106 Å². The molecule has 254 valence electrons. The monoisotopic (exact) mass is 638 g/mol. The lowest BCUT2D eigenvalue weighted by molar-refractivity contribution is -0.141. The molecule has 1 aromatic heterocycles. The second-order valence-corrected chi connectivity index (χ2v) is 14.1. The summed E-state index contributed by atoms with van der Waals surface area (Å²) >= 11 is 0. The van der Waals surface area contributed by atoms with Gasteiger partial charge in [-0.05, 0) is 63.0 Å². The maximum Gasteiger partial charge on any atom is 0.407 e. The molecule has 0 spiro atoms. The van der Waals surface area contributed by atoms with Crippen LogP contribution in [0.2, 0.25) is 0 Å². The predicted molar refractivity (Wildman–Crippen MR) is 178 cm³/mol. The molecule has 2 bridgehead atoms. The molecule has 1 aromatic carbocycles. The molecule has 10 nitrogen and oxygen atoms in total. The standard InChI is InChI=1S/C36H54N4O6/c1-8-10-12-15-25-16-13-11-14-17-28-33(38-29-20-26(44-9-2)18-19-27(29)37-28)46-30-21-40(31(23(30)3)24(4)41)34(42)32(36(5,6)7)39-35(43)45-22-25/h18-20,23,25,30-32H,8-17,21-22H2,1-7H3,(H,39,43)/t23-,25+,30+,31+,32-/m1/s1. The summed E-state index contributed by atoms with van der Waals surface area (Å²) in [5.41, 5.74) is 1.58. The van der Waals surface area contributed by atoms with Crippen molar-refractivity contribution in [1.29, 1.82) is 0 Å². The number of nitrogens with zero attached hydrogens (tertiary/aromatic N) is 3. The van der Waals surface area contributed by atoms with Gasteiger partial charge in [-0.3, -0.25) is 9.59 Å². The number of aromatic nitrogens is 2. The van der Waals surface area contributed by atoms with Crippen molar-refractivity contribution in [3.8, 4) is 11.6 Å². The summed E-state index contributed by atoms with van der Waals surface area (Å²) in [4.78, 5) is 51.9. The summed E-state index contributed by atoms with van der Waals surface area (Å²) in [6.45, 7) is 14.3. The first-order valence-corrected chi connectivity index (χ1v) is 17.3. The maximum absolute atomic E-state index is 14.2. The van der Waals surface area contributed by atoms with Gasteiger partial charge in [0, 0.05) is 12.0 Å². The molecule has 0 unspecified atom stereocenters. The van der Waals surface area contributed by atoms with E-state index in [1.807, 2.05) is 52.8 Å². The van der Waals surface area contributed by atoms with Crippen LogP contribution in [0.3, 0.4) is 0 Å². The van der Waals surface area contributed by atoms with Crippen LogP contribution in [0.25, 0.3) is 11.0 Å². The molecule has 2 aliphatic rings. The Balaban J connectivity index is 1.71. The van der Waals surface area contributed by atoms with Gasteiger partial charge < -0.3 is 24.4 Å². The van der Waals surface area contributed by atoms with E-state index in [1.165, 1.54) is 6.92 Å². The van der Waals surface area contributed by atoms with E-state index < -0.39 is 29.7 Å². The van der Waals surface area contributed by atoms with Crippen molar-refractivity contribution in [3.05, 3.63) is 23.9 Å². The molecule has 3 heterocycles. The van der Waals surface area contributed by atoms with Crippen LogP contribution < -0.4 is 14.8 Å². The first-order chi connectivity index (χ1) is 21.9. The Morgan fingerprint density at radius 2 is 1.87 bits per heavy atom. The number of hydrogen-bond acceptors (Lipinski definition) is 8. The molecule has 4 rings (SSSR count). The molecule has 5 atom stereocenters. The fraction of sp³-hybridized carbons (Fsp3) is 0.694. The smallest absolute Gasteiger partial charge is 0.407 e. The quantitative estimate of drug-likeness (QED) is 0.334. The number of aryl methyl sites for hydroxylation is 1. The van der Waals surface area contributed by atoms with Crippen molar-refractivity contribution in [3.63, 3.8) is 0 Å². The van der Waals surface area contributed by atoms with E-state index in [0.29, 0.717) is 36.8 Å². The van der Waals surface area contributed by atoms with Gasteiger partial charge in [0.25, 0.3) is 0 Å². The second-order valence-electron chi connectivity index (χ2n) is 14.1. The SMILES string of the molecule is CCCCC[C@H]1CCCCCc2nc3ccc(OCC)cc3nc2O[C@H]2CN(C(=O)[C@H](C(C)(C)C)NC(=O)OC1)[C@H](C(C)=O)[C@@H]2C. The molecule has 2 aromatic rings. The molecule has 2 amide bonds. The lowest BCUT2D eigenvalue weighted by Crippen LogP contribution is -2.57. The zero-order valence-electron chi connectivity index (χ0n) is 28.9. The van der Waals surface area contributed by atoms with E-state index in [2.05, 4.69) is 12.2 Å². The molecule has 1 fully saturated rings. The molecule has 0 saturated carbocycles. The summed E-state index contributed by atoms with van der Waals surface area (Å²) in [7, 11) is 0. The number of nitrogens with one attached hydrogen (secondary N) is 1. The molecule has 0 radical (unpaired) electrons.